The molecule has 3 rings (SSSR count). The Labute approximate surface area is 162 Å². The fraction of sp³-hybridized carbons (Fsp3) is 0.409. The summed E-state index contributed by atoms with van der Waals surface area (Å²) >= 11 is 5.61. The van der Waals surface area contributed by atoms with Crippen LogP contribution in [0.3, 0.4) is 0 Å². The lowest BCUT2D eigenvalue weighted by atomic mass is 9.68. The van der Waals surface area contributed by atoms with E-state index in [2.05, 4.69) is 66.5 Å². The lowest BCUT2D eigenvalue weighted by molar-refractivity contribution is 0.269. The van der Waals surface area contributed by atoms with E-state index in [1.54, 1.807) is 7.11 Å². The Kier molecular flexibility index (Phi) is 5.94. The number of methoxy groups -OCH3 is 1. The van der Waals surface area contributed by atoms with Crippen LogP contribution in [0.1, 0.15) is 37.0 Å². The lowest BCUT2D eigenvalue weighted by Crippen LogP contribution is -2.49. The van der Waals surface area contributed by atoms with Crippen LogP contribution in [-0.4, -0.2) is 43.2 Å². The van der Waals surface area contributed by atoms with Gasteiger partial charge in [-0.25, -0.2) is 0 Å². The van der Waals surface area contributed by atoms with E-state index in [-0.39, 0.29) is 5.41 Å². The van der Waals surface area contributed by atoms with E-state index in [1.807, 2.05) is 6.07 Å². The molecule has 0 amide bonds. The third kappa shape index (κ3) is 3.49. The molecule has 26 heavy (non-hydrogen) atoms. The molecular formula is C22H28N2OS. The molecule has 2 aromatic rings. The molecule has 1 aliphatic heterocycles. The van der Waals surface area contributed by atoms with Crippen LogP contribution in [0.5, 0.6) is 5.75 Å². The normalized spacial score (nSPS) is 19.2. The van der Waals surface area contributed by atoms with Gasteiger partial charge in [0.15, 0.2) is 0 Å². The summed E-state index contributed by atoms with van der Waals surface area (Å²) in [4.78, 5) is 3.31. The van der Waals surface area contributed by atoms with Crippen molar-refractivity contribution in [2.75, 3.05) is 33.3 Å². The summed E-state index contributed by atoms with van der Waals surface area (Å²) in [6.45, 7) is 8.45. The van der Waals surface area contributed by atoms with Crippen LogP contribution >= 0.6 is 12.2 Å². The quantitative estimate of drug-likeness (QED) is 0.747. The average Bonchev–Trinajstić information content (AvgIpc) is 2.71. The Morgan fingerprint density at radius 1 is 1.12 bits per heavy atom. The van der Waals surface area contributed by atoms with Crippen molar-refractivity contribution in [2.45, 2.75) is 25.7 Å². The molecule has 0 spiro atoms. The summed E-state index contributed by atoms with van der Waals surface area (Å²) in [5, 5.41) is 3.50. The van der Waals surface area contributed by atoms with Gasteiger partial charge in [0, 0.05) is 17.5 Å². The van der Waals surface area contributed by atoms with Crippen molar-refractivity contribution < 1.29 is 4.74 Å². The number of rotatable bonds is 7. The molecule has 0 fully saturated rings. The Morgan fingerprint density at radius 2 is 1.85 bits per heavy atom. The van der Waals surface area contributed by atoms with Crippen LogP contribution < -0.4 is 10.1 Å². The van der Waals surface area contributed by atoms with Crippen molar-refractivity contribution in [1.29, 1.82) is 0 Å². The minimum atomic E-state index is -0.115. The number of thiocarbonyl (C=S) groups is 1. The minimum Gasteiger partial charge on any atom is -0.497 e. The maximum atomic E-state index is 5.61. The predicted octanol–water partition coefficient (Wildman–Crippen LogP) is 3.99. The molecule has 0 saturated heterocycles. The largest absolute Gasteiger partial charge is 0.497 e. The molecule has 1 heterocycles. The van der Waals surface area contributed by atoms with Crippen LogP contribution in [0.15, 0.2) is 48.5 Å². The number of hydrogen-bond acceptors (Lipinski definition) is 3. The summed E-state index contributed by atoms with van der Waals surface area (Å²) in [6, 6.07) is 17.1. The molecule has 2 aromatic carbocycles. The van der Waals surface area contributed by atoms with Crippen LogP contribution in [-0.2, 0) is 5.41 Å². The van der Waals surface area contributed by atoms with E-state index in [0.717, 1.165) is 48.9 Å². The zero-order valence-corrected chi connectivity index (χ0v) is 16.7. The number of hydrogen-bond donors (Lipinski definition) is 1. The maximum Gasteiger partial charge on any atom is 0.119 e. The Hall–Kier alpha value is -1.91. The third-order valence-electron chi connectivity index (χ3n) is 5.61. The average molecular weight is 369 g/mol. The maximum absolute atomic E-state index is 5.61. The highest BCUT2D eigenvalue weighted by molar-refractivity contribution is 7.80. The van der Waals surface area contributed by atoms with Crippen molar-refractivity contribution in [1.82, 2.24) is 10.2 Å². The highest BCUT2D eigenvalue weighted by Crippen LogP contribution is 2.41. The second-order valence-corrected chi connectivity index (χ2v) is 7.23. The monoisotopic (exact) mass is 368 g/mol. The van der Waals surface area contributed by atoms with Gasteiger partial charge in [-0.1, -0.05) is 56.4 Å². The molecule has 1 N–H and O–H groups in total. The molecule has 0 radical (unpaired) electrons. The van der Waals surface area contributed by atoms with Crippen molar-refractivity contribution in [2.24, 2.45) is 0 Å². The van der Waals surface area contributed by atoms with E-state index in [4.69, 9.17) is 17.0 Å². The van der Waals surface area contributed by atoms with E-state index in [0.29, 0.717) is 0 Å². The van der Waals surface area contributed by atoms with Gasteiger partial charge in [-0.2, -0.15) is 0 Å². The molecule has 0 aromatic heterocycles. The van der Waals surface area contributed by atoms with Gasteiger partial charge in [0.1, 0.15) is 10.7 Å². The highest BCUT2D eigenvalue weighted by atomic mass is 32.1. The van der Waals surface area contributed by atoms with E-state index < -0.39 is 0 Å². The van der Waals surface area contributed by atoms with E-state index in [1.165, 1.54) is 11.1 Å². The van der Waals surface area contributed by atoms with E-state index >= 15 is 0 Å². The molecule has 138 valence electrons. The van der Waals surface area contributed by atoms with Gasteiger partial charge in [-0.3, -0.25) is 0 Å². The fourth-order valence-electron chi connectivity index (χ4n) is 3.94. The summed E-state index contributed by atoms with van der Waals surface area (Å²) in [5.41, 5.74) is 3.61. The molecular weight excluding hydrogens is 340 g/mol. The van der Waals surface area contributed by atoms with Crippen molar-refractivity contribution in [3.05, 3.63) is 65.2 Å². The number of benzene rings is 2. The predicted molar refractivity (Wildman–Crippen MR) is 112 cm³/mol. The smallest absolute Gasteiger partial charge is 0.119 e. The third-order valence-corrected chi connectivity index (χ3v) is 5.98. The van der Waals surface area contributed by atoms with Gasteiger partial charge in [0.05, 0.1) is 7.11 Å². The van der Waals surface area contributed by atoms with Gasteiger partial charge < -0.3 is 15.0 Å². The van der Waals surface area contributed by atoms with Crippen LogP contribution in [0, 0.1) is 0 Å². The number of nitrogens with one attached hydrogen (secondary N) is 1. The molecule has 1 atom stereocenters. The zero-order valence-electron chi connectivity index (χ0n) is 15.9. The van der Waals surface area contributed by atoms with Gasteiger partial charge >= 0.3 is 0 Å². The first-order valence-electron chi connectivity index (χ1n) is 9.39. The lowest BCUT2D eigenvalue weighted by Gasteiger charge is -2.42. The molecule has 1 unspecified atom stereocenters. The Morgan fingerprint density at radius 3 is 2.50 bits per heavy atom. The summed E-state index contributed by atoms with van der Waals surface area (Å²) in [7, 11) is 1.72. The molecule has 1 aliphatic rings. The van der Waals surface area contributed by atoms with Crippen LogP contribution in [0.2, 0.25) is 0 Å². The summed E-state index contributed by atoms with van der Waals surface area (Å²) in [5.74, 6) is 0.886. The molecule has 4 heteroatoms. The SMILES string of the molecule is CCN(CC)CCC1(c2ccccc2)CNC(=S)c2ccc(OC)cc21. The van der Waals surface area contributed by atoms with Crippen molar-refractivity contribution in [3.8, 4) is 5.75 Å². The zero-order chi connectivity index (χ0) is 18.6. The van der Waals surface area contributed by atoms with Gasteiger partial charge in [0.25, 0.3) is 0 Å². The number of fused-ring (bicyclic) bond motifs is 1. The minimum absolute atomic E-state index is 0.115. The van der Waals surface area contributed by atoms with Gasteiger partial charge in [0.2, 0.25) is 0 Å². The second kappa shape index (κ2) is 8.19. The first-order chi connectivity index (χ1) is 12.6. The fourth-order valence-corrected chi connectivity index (χ4v) is 4.19. The number of ether oxygens (including phenoxy) is 1. The first kappa shape index (κ1) is 18.9. The summed E-state index contributed by atoms with van der Waals surface area (Å²) in [6.07, 6.45) is 1.04. The molecule has 0 saturated carbocycles. The Bertz CT molecular complexity index is 758. The van der Waals surface area contributed by atoms with Crippen molar-refractivity contribution in [3.63, 3.8) is 0 Å². The summed E-state index contributed by atoms with van der Waals surface area (Å²) < 4.78 is 5.54. The van der Waals surface area contributed by atoms with Crippen molar-refractivity contribution >= 4 is 17.2 Å². The molecule has 0 bridgehead atoms. The highest BCUT2D eigenvalue weighted by Gasteiger charge is 2.40. The standard InChI is InChI=1S/C22H28N2OS/c1-4-24(5-2)14-13-22(17-9-7-6-8-10-17)16-23-21(26)19-12-11-18(25-3)15-20(19)22/h6-12,15H,4-5,13-14,16H2,1-3H3,(H,23,26). The van der Waals surface area contributed by atoms with Gasteiger partial charge in [-0.05, 0) is 55.4 Å². The number of nitrogens with zero attached hydrogens (tertiary/aromatic N) is 1. The molecule has 0 aliphatic carbocycles. The first-order valence-corrected chi connectivity index (χ1v) is 9.80. The van der Waals surface area contributed by atoms with Crippen LogP contribution in [0.25, 0.3) is 0 Å². The second-order valence-electron chi connectivity index (χ2n) is 6.82. The van der Waals surface area contributed by atoms with Crippen LogP contribution in [0.4, 0.5) is 0 Å². The topological polar surface area (TPSA) is 24.5 Å². The van der Waals surface area contributed by atoms with Gasteiger partial charge in [-0.15, -0.1) is 0 Å². The Balaban J connectivity index is 2.12. The van der Waals surface area contributed by atoms with E-state index in [9.17, 15) is 0 Å². The molecule has 3 nitrogen and oxygen atoms in total.